The average molecular weight is 327 g/mol. The van der Waals surface area contributed by atoms with Crippen molar-refractivity contribution in [2.75, 3.05) is 12.4 Å². The topological polar surface area (TPSA) is 64.6 Å². The zero-order chi connectivity index (χ0) is 17.5. The first-order valence-corrected chi connectivity index (χ1v) is 7.78. The molecule has 0 aliphatic carbocycles. The maximum atomic E-state index is 12.1. The van der Waals surface area contributed by atoms with Crippen LogP contribution >= 0.6 is 0 Å². The maximum absolute atomic E-state index is 12.1. The van der Waals surface area contributed by atoms with E-state index in [0.29, 0.717) is 17.0 Å². The van der Waals surface area contributed by atoms with Gasteiger partial charge in [-0.05, 0) is 49.2 Å². The number of hydrogen-bond donors (Lipinski definition) is 1. The maximum Gasteiger partial charge on any atom is 0.339 e. The number of carbonyl (C=O) groups is 2. The molecule has 5 nitrogen and oxygen atoms in total. The molecule has 1 N–H and O–H groups in total. The molecule has 2 aromatic rings. The van der Waals surface area contributed by atoms with Gasteiger partial charge in [0.15, 0.2) is 6.10 Å². The molecule has 0 aliphatic rings. The average Bonchev–Trinajstić information content (AvgIpc) is 2.62. The van der Waals surface area contributed by atoms with Crippen LogP contribution in [0, 0.1) is 0 Å². The minimum absolute atomic E-state index is 0.335. The highest BCUT2D eigenvalue weighted by molar-refractivity contribution is 5.97. The van der Waals surface area contributed by atoms with E-state index in [0.717, 1.165) is 6.42 Å². The summed E-state index contributed by atoms with van der Waals surface area (Å²) in [5.74, 6) is -0.397. The highest BCUT2D eigenvalue weighted by Gasteiger charge is 2.19. The molecule has 0 saturated carbocycles. The van der Waals surface area contributed by atoms with Crippen molar-refractivity contribution in [3.8, 4) is 5.75 Å². The Morgan fingerprint density at radius 2 is 1.83 bits per heavy atom. The SMILES string of the molecule is CCc1ccc(NC(=O)C(C)OC(=O)c2cccc(OC)c2)cc1. The van der Waals surface area contributed by atoms with Gasteiger partial charge < -0.3 is 14.8 Å². The summed E-state index contributed by atoms with van der Waals surface area (Å²) in [7, 11) is 1.52. The fraction of sp³-hybridized carbons (Fsp3) is 0.263. The molecular weight excluding hydrogens is 306 g/mol. The number of ether oxygens (including phenoxy) is 2. The molecule has 0 saturated heterocycles. The van der Waals surface area contributed by atoms with Crippen molar-refractivity contribution in [2.45, 2.75) is 26.4 Å². The van der Waals surface area contributed by atoms with Crippen LogP contribution in [-0.4, -0.2) is 25.1 Å². The van der Waals surface area contributed by atoms with Crippen LogP contribution in [-0.2, 0) is 16.0 Å². The van der Waals surface area contributed by atoms with Gasteiger partial charge in [-0.15, -0.1) is 0 Å². The van der Waals surface area contributed by atoms with Gasteiger partial charge in [0.1, 0.15) is 5.75 Å². The smallest absolute Gasteiger partial charge is 0.339 e. The Balaban J connectivity index is 1.95. The second-order valence-corrected chi connectivity index (χ2v) is 5.32. The van der Waals surface area contributed by atoms with Crippen LogP contribution in [0.3, 0.4) is 0 Å². The number of methoxy groups -OCH3 is 1. The molecule has 0 spiro atoms. The first-order chi connectivity index (χ1) is 11.5. The third-order valence-electron chi connectivity index (χ3n) is 3.59. The lowest BCUT2D eigenvalue weighted by Gasteiger charge is -2.14. The number of amides is 1. The van der Waals surface area contributed by atoms with Gasteiger partial charge in [0.05, 0.1) is 12.7 Å². The van der Waals surface area contributed by atoms with E-state index >= 15 is 0 Å². The van der Waals surface area contributed by atoms with Gasteiger partial charge in [-0.1, -0.05) is 25.1 Å². The van der Waals surface area contributed by atoms with Gasteiger partial charge in [0.2, 0.25) is 0 Å². The van der Waals surface area contributed by atoms with Gasteiger partial charge in [0.25, 0.3) is 5.91 Å². The minimum Gasteiger partial charge on any atom is -0.497 e. The number of rotatable bonds is 6. The predicted octanol–water partition coefficient (Wildman–Crippen LogP) is 3.44. The number of anilines is 1. The molecule has 24 heavy (non-hydrogen) atoms. The van der Waals surface area contributed by atoms with E-state index in [2.05, 4.69) is 12.2 Å². The Morgan fingerprint density at radius 1 is 1.12 bits per heavy atom. The first kappa shape index (κ1) is 17.5. The molecule has 0 aliphatic heterocycles. The molecule has 0 radical (unpaired) electrons. The molecule has 1 amide bonds. The molecule has 0 bridgehead atoms. The fourth-order valence-corrected chi connectivity index (χ4v) is 2.10. The van der Waals surface area contributed by atoms with Crippen LogP contribution in [0.15, 0.2) is 48.5 Å². The van der Waals surface area contributed by atoms with Crippen molar-refractivity contribution in [1.82, 2.24) is 0 Å². The normalized spacial score (nSPS) is 11.5. The van der Waals surface area contributed by atoms with E-state index < -0.39 is 12.1 Å². The number of nitrogens with one attached hydrogen (secondary N) is 1. The molecule has 1 unspecified atom stereocenters. The van der Waals surface area contributed by atoms with E-state index in [1.54, 1.807) is 24.3 Å². The Morgan fingerprint density at radius 3 is 2.46 bits per heavy atom. The zero-order valence-corrected chi connectivity index (χ0v) is 14.0. The molecule has 0 fully saturated rings. The summed E-state index contributed by atoms with van der Waals surface area (Å²) in [5.41, 5.74) is 2.19. The second kappa shape index (κ2) is 8.15. The number of carbonyl (C=O) groups excluding carboxylic acids is 2. The van der Waals surface area contributed by atoms with Crippen molar-refractivity contribution < 1.29 is 19.1 Å². The van der Waals surface area contributed by atoms with Crippen molar-refractivity contribution in [3.05, 3.63) is 59.7 Å². The Kier molecular flexibility index (Phi) is 5.95. The first-order valence-electron chi connectivity index (χ1n) is 7.78. The van der Waals surface area contributed by atoms with Crippen LogP contribution in [0.5, 0.6) is 5.75 Å². The van der Waals surface area contributed by atoms with Crippen molar-refractivity contribution >= 4 is 17.6 Å². The number of hydrogen-bond acceptors (Lipinski definition) is 4. The third kappa shape index (κ3) is 4.59. The number of esters is 1. The minimum atomic E-state index is -0.908. The largest absolute Gasteiger partial charge is 0.497 e. The van der Waals surface area contributed by atoms with E-state index in [-0.39, 0.29) is 5.91 Å². The highest BCUT2D eigenvalue weighted by atomic mass is 16.5. The summed E-state index contributed by atoms with van der Waals surface area (Å²) in [6.45, 7) is 3.60. The molecule has 1 atom stereocenters. The standard InChI is InChI=1S/C19H21NO4/c1-4-14-8-10-16(11-9-14)20-18(21)13(2)24-19(22)15-6-5-7-17(12-15)23-3/h5-13H,4H2,1-3H3,(H,20,21). The van der Waals surface area contributed by atoms with Crippen LogP contribution in [0.25, 0.3) is 0 Å². The highest BCUT2D eigenvalue weighted by Crippen LogP contribution is 2.15. The van der Waals surface area contributed by atoms with Gasteiger partial charge in [0, 0.05) is 5.69 Å². The van der Waals surface area contributed by atoms with E-state index in [9.17, 15) is 9.59 Å². The Labute approximate surface area is 141 Å². The van der Waals surface area contributed by atoms with Crippen molar-refractivity contribution in [3.63, 3.8) is 0 Å². The number of aryl methyl sites for hydroxylation is 1. The molecule has 0 heterocycles. The Hall–Kier alpha value is -2.82. The summed E-state index contributed by atoms with van der Waals surface area (Å²) in [6.07, 6.45) is 0.0255. The van der Waals surface area contributed by atoms with Crippen molar-refractivity contribution in [2.24, 2.45) is 0 Å². The molecule has 126 valence electrons. The molecular formula is C19H21NO4. The monoisotopic (exact) mass is 327 g/mol. The van der Waals surface area contributed by atoms with Crippen LogP contribution in [0.1, 0.15) is 29.8 Å². The molecule has 2 rings (SSSR count). The quantitative estimate of drug-likeness (QED) is 0.826. The molecule has 2 aromatic carbocycles. The van der Waals surface area contributed by atoms with Crippen LogP contribution in [0.2, 0.25) is 0 Å². The van der Waals surface area contributed by atoms with Gasteiger partial charge in [-0.25, -0.2) is 4.79 Å². The zero-order valence-electron chi connectivity index (χ0n) is 14.0. The van der Waals surface area contributed by atoms with E-state index in [1.807, 2.05) is 24.3 Å². The Bertz CT molecular complexity index is 710. The van der Waals surface area contributed by atoms with Gasteiger partial charge >= 0.3 is 5.97 Å². The summed E-state index contributed by atoms with van der Waals surface area (Å²) in [4.78, 5) is 24.2. The van der Waals surface area contributed by atoms with Gasteiger partial charge in [-0.2, -0.15) is 0 Å². The molecule has 5 heteroatoms. The van der Waals surface area contributed by atoms with Crippen LogP contribution < -0.4 is 10.1 Å². The predicted molar refractivity (Wildman–Crippen MR) is 92.3 cm³/mol. The van der Waals surface area contributed by atoms with Crippen LogP contribution in [0.4, 0.5) is 5.69 Å². The lowest BCUT2D eigenvalue weighted by molar-refractivity contribution is -0.123. The molecule has 0 aromatic heterocycles. The van der Waals surface area contributed by atoms with Gasteiger partial charge in [-0.3, -0.25) is 4.79 Å². The summed E-state index contributed by atoms with van der Waals surface area (Å²) >= 11 is 0. The summed E-state index contributed by atoms with van der Waals surface area (Å²) < 4.78 is 10.3. The fourth-order valence-electron chi connectivity index (χ4n) is 2.10. The lowest BCUT2D eigenvalue weighted by atomic mass is 10.1. The number of benzene rings is 2. The second-order valence-electron chi connectivity index (χ2n) is 5.32. The lowest BCUT2D eigenvalue weighted by Crippen LogP contribution is -2.30. The van der Waals surface area contributed by atoms with E-state index in [1.165, 1.54) is 19.6 Å². The summed E-state index contributed by atoms with van der Waals surface area (Å²) in [5, 5.41) is 2.73. The van der Waals surface area contributed by atoms with E-state index in [4.69, 9.17) is 9.47 Å². The summed E-state index contributed by atoms with van der Waals surface area (Å²) in [6, 6.07) is 14.1. The third-order valence-corrected chi connectivity index (χ3v) is 3.59. The van der Waals surface area contributed by atoms with Crippen molar-refractivity contribution in [1.29, 1.82) is 0 Å².